The van der Waals surface area contributed by atoms with Gasteiger partial charge in [-0.05, 0) is 18.2 Å². The van der Waals surface area contributed by atoms with Gasteiger partial charge in [0.2, 0.25) is 0 Å². The van der Waals surface area contributed by atoms with Crippen LogP contribution in [0.3, 0.4) is 0 Å². The number of aromatic nitrogens is 1. The summed E-state index contributed by atoms with van der Waals surface area (Å²) in [6.07, 6.45) is 1.84. The highest BCUT2D eigenvalue weighted by molar-refractivity contribution is 6.28. The Hall–Kier alpha value is -3.01. The van der Waals surface area contributed by atoms with E-state index in [1.165, 1.54) is 0 Å². The third-order valence-electron chi connectivity index (χ3n) is 4.53. The van der Waals surface area contributed by atoms with Gasteiger partial charge in [0.1, 0.15) is 0 Å². The number of fused-ring (bicyclic) bond motifs is 5. The second kappa shape index (κ2) is 5.27. The zero-order chi connectivity index (χ0) is 16.8. The van der Waals surface area contributed by atoms with E-state index < -0.39 is 0 Å². The van der Waals surface area contributed by atoms with Gasteiger partial charge in [0.15, 0.2) is 17.3 Å². The maximum Gasteiger partial charge on any atom is 0.196 e. The predicted octanol–water partition coefficient (Wildman–Crippen LogP) is 4.06. The molecule has 0 fully saturated rings. The summed E-state index contributed by atoms with van der Waals surface area (Å²) in [5.41, 5.74) is 4.25. The van der Waals surface area contributed by atoms with Crippen LogP contribution in [0.15, 0.2) is 49.1 Å². The van der Waals surface area contributed by atoms with E-state index in [2.05, 4.69) is 11.1 Å². The molecule has 4 rings (SSSR count). The van der Waals surface area contributed by atoms with Crippen LogP contribution in [0.1, 0.15) is 15.9 Å². The Morgan fingerprint density at radius 3 is 2.42 bits per heavy atom. The van der Waals surface area contributed by atoms with Gasteiger partial charge in [-0.15, -0.1) is 6.58 Å². The van der Waals surface area contributed by atoms with Crippen LogP contribution < -0.4 is 9.47 Å². The number of nitrogens with zero attached hydrogens (tertiary/aromatic N) is 1. The van der Waals surface area contributed by atoms with Crippen molar-refractivity contribution in [2.24, 2.45) is 0 Å². The van der Waals surface area contributed by atoms with Crippen LogP contribution in [0.5, 0.6) is 11.5 Å². The molecule has 0 amide bonds. The molecule has 4 nitrogen and oxygen atoms in total. The van der Waals surface area contributed by atoms with Gasteiger partial charge in [0.25, 0.3) is 0 Å². The fourth-order valence-electron chi connectivity index (χ4n) is 3.53. The molecule has 1 aromatic heterocycles. The third-order valence-corrected chi connectivity index (χ3v) is 4.53. The molecular weight excluding hydrogens is 302 g/mol. The number of hydrogen-bond donors (Lipinski definition) is 0. The number of hydrogen-bond acceptors (Lipinski definition) is 3. The molecule has 0 saturated carbocycles. The Morgan fingerprint density at radius 1 is 1.08 bits per heavy atom. The van der Waals surface area contributed by atoms with E-state index in [-0.39, 0.29) is 5.78 Å². The van der Waals surface area contributed by atoms with Gasteiger partial charge in [-0.2, -0.15) is 0 Å². The van der Waals surface area contributed by atoms with Gasteiger partial charge in [0, 0.05) is 28.6 Å². The molecule has 4 heteroatoms. The Morgan fingerprint density at radius 2 is 1.75 bits per heavy atom. The fraction of sp³-hybridized carbons (Fsp3) is 0.150. The molecule has 120 valence electrons. The predicted molar refractivity (Wildman–Crippen MR) is 94.1 cm³/mol. The van der Waals surface area contributed by atoms with E-state index >= 15 is 0 Å². The Labute approximate surface area is 139 Å². The average molecular weight is 319 g/mol. The van der Waals surface area contributed by atoms with E-state index in [0.29, 0.717) is 23.6 Å². The monoisotopic (exact) mass is 319 g/mol. The standard InChI is InChI=1S/C20H17NO3/c1-4-9-21-15-8-6-5-7-12(15)18-19(21)13-10-16(23-2)17(24-3)11-14(13)20(18)22/h4-8,10-11H,1,9H2,2-3H3. The maximum absolute atomic E-state index is 13.1. The Kier molecular flexibility index (Phi) is 3.20. The number of ether oxygens (including phenoxy) is 2. The first-order valence-electron chi connectivity index (χ1n) is 7.74. The molecule has 0 atom stereocenters. The van der Waals surface area contributed by atoms with Crippen molar-refractivity contribution in [1.29, 1.82) is 0 Å². The molecule has 0 bridgehead atoms. The van der Waals surface area contributed by atoms with E-state index in [1.807, 2.05) is 36.4 Å². The molecule has 0 radical (unpaired) electrons. The van der Waals surface area contributed by atoms with Crippen molar-refractivity contribution in [2.45, 2.75) is 6.54 Å². The van der Waals surface area contributed by atoms with E-state index in [9.17, 15) is 4.79 Å². The van der Waals surface area contributed by atoms with Crippen LogP contribution in [0.4, 0.5) is 0 Å². The number of para-hydroxylation sites is 1. The molecule has 24 heavy (non-hydrogen) atoms. The average Bonchev–Trinajstić information content (AvgIpc) is 3.08. The molecule has 3 aromatic rings. The second-order valence-corrected chi connectivity index (χ2v) is 5.72. The zero-order valence-electron chi connectivity index (χ0n) is 13.6. The molecule has 1 aliphatic carbocycles. The molecule has 1 heterocycles. The number of ketones is 1. The summed E-state index contributed by atoms with van der Waals surface area (Å²) in [5, 5.41) is 0.966. The number of benzene rings is 2. The van der Waals surface area contributed by atoms with Crippen LogP contribution in [-0.2, 0) is 6.54 Å². The molecule has 2 aromatic carbocycles. The number of carbonyl (C=O) groups excluding carboxylic acids is 1. The lowest BCUT2D eigenvalue weighted by molar-refractivity contribution is 0.104. The minimum Gasteiger partial charge on any atom is -0.493 e. The summed E-state index contributed by atoms with van der Waals surface area (Å²) in [4.78, 5) is 13.1. The molecule has 1 aliphatic rings. The number of carbonyl (C=O) groups is 1. The van der Waals surface area contributed by atoms with Crippen LogP contribution in [-0.4, -0.2) is 24.6 Å². The summed E-state index contributed by atoms with van der Waals surface area (Å²) >= 11 is 0. The molecule has 0 N–H and O–H groups in total. The smallest absolute Gasteiger partial charge is 0.196 e. The van der Waals surface area contributed by atoms with Crippen molar-refractivity contribution in [1.82, 2.24) is 4.57 Å². The molecule has 0 aliphatic heterocycles. The molecule has 0 saturated heterocycles. The van der Waals surface area contributed by atoms with Crippen LogP contribution >= 0.6 is 0 Å². The number of rotatable bonds is 4. The minimum absolute atomic E-state index is 0.0277. The summed E-state index contributed by atoms with van der Waals surface area (Å²) in [6.45, 7) is 4.49. The van der Waals surface area contributed by atoms with Crippen molar-refractivity contribution in [2.75, 3.05) is 14.2 Å². The summed E-state index contributed by atoms with van der Waals surface area (Å²) in [7, 11) is 3.17. The SMILES string of the molecule is C=CCn1c2c(c3ccccc31)C(=O)c1cc(OC)c(OC)cc1-2. The quantitative estimate of drug-likeness (QED) is 0.533. The summed E-state index contributed by atoms with van der Waals surface area (Å²) < 4.78 is 12.9. The highest BCUT2D eigenvalue weighted by Crippen LogP contribution is 2.46. The Bertz CT molecular complexity index is 998. The maximum atomic E-state index is 13.1. The number of allylic oxidation sites excluding steroid dienone is 1. The summed E-state index contributed by atoms with van der Waals surface area (Å²) in [6, 6.07) is 11.6. The van der Waals surface area contributed by atoms with Crippen LogP contribution in [0.2, 0.25) is 0 Å². The first-order chi connectivity index (χ1) is 11.7. The lowest BCUT2D eigenvalue weighted by Crippen LogP contribution is -1.99. The van der Waals surface area contributed by atoms with Crippen molar-refractivity contribution < 1.29 is 14.3 Å². The van der Waals surface area contributed by atoms with Gasteiger partial charge in [-0.25, -0.2) is 0 Å². The van der Waals surface area contributed by atoms with Gasteiger partial charge >= 0.3 is 0 Å². The van der Waals surface area contributed by atoms with Gasteiger partial charge in [-0.3, -0.25) is 4.79 Å². The fourth-order valence-corrected chi connectivity index (χ4v) is 3.53. The van der Waals surface area contributed by atoms with E-state index in [1.54, 1.807) is 20.3 Å². The zero-order valence-corrected chi connectivity index (χ0v) is 13.6. The van der Waals surface area contributed by atoms with Crippen molar-refractivity contribution in [3.05, 3.63) is 60.2 Å². The van der Waals surface area contributed by atoms with Crippen molar-refractivity contribution in [3.63, 3.8) is 0 Å². The minimum atomic E-state index is 0.0277. The Balaban J connectivity index is 2.11. The van der Waals surface area contributed by atoms with Gasteiger partial charge < -0.3 is 14.0 Å². The molecule has 0 unspecified atom stereocenters. The van der Waals surface area contributed by atoms with E-state index in [4.69, 9.17) is 9.47 Å². The lowest BCUT2D eigenvalue weighted by Gasteiger charge is -2.12. The first-order valence-corrected chi connectivity index (χ1v) is 7.74. The first kappa shape index (κ1) is 14.6. The topological polar surface area (TPSA) is 40.5 Å². The van der Waals surface area contributed by atoms with Gasteiger partial charge in [-0.1, -0.05) is 24.3 Å². The largest absolute Gasteiger partial charge is 0.493 e. The highest BCUT2D eigenvalue weighted by Gasteiger charge is 2.34. The second-order valence-electron chi connectivity index (χ2n) is 5.72. The third kappa shape index (κ3) is 1.77. The summed E-state index contributed by atoms with van der Waals surface area (Å²) in [5.74, 6) is 1.21. The van der Waals surface area contributed by atoms with Crippen molar-refractivity contribution >= 4 is 16.7 Å². The highest BCUT2D eigenvalue weighted by atomic mass is 16.5. The number of methoxy groups -OCH3 is 2. The normalized spacial score (nSPS) is 12.2. The van der Waals surface area contributed by atoms with Crippen LogP contribution in [0.25, 0.3) is 22.2 Å². The lowest BCUT2D eigenvalue weighted by atomic mass is 10.1. The molecular formula is C20H17NO3. The van der Waals surface area contributed by atoms with Gasteiger partial charge in [0.05, 0.1) is 25.5 Å². The van der Waals surface area contributed by atoms with Crippen molar-refractivity contribution in [3.8, 4) is 22.8 Å². The molecule has 0 spiro atoms. The van der Waals surface area contributed by atoms with Crippen LogP contribution in [0, 0.1) is 0 Å². The van der Waals surface area contributed by atoms with E-state index in [0.717, 1.165) is 27.7 Å².